The molecule has 0 fully saturated rings. The molecule has 39 heavy (non-hydrogen) atoms. The molecule has 1 heterocycles. The second-order valence-corrected chi connectivity index (χ2v) is 11.6. The molecule has 0 saturated heterocycles. The number of halogens is 1. The van der Waals surface area contributed by atoms with Crippen molar-refractivity contribution >= 4 is 27.7 Å². The van der Waals surface area contributed by atoms with Crippen molar-refractivity contribution in [1.29, 1.82) is 0 Å². The van der Waals surface area contributed by atoms with Gasteiger partial charge in [0.2, 0.25) is 11.8 Å². The maximum absolute atomic E-state index is 13.8. The highest BCUT2D eigenvalue weighted by Gasteiger charge is 2.43. The summed E-state index contributed by atoms with van der Waals surface area (Å²) >= 11 is 0. The molecule has 0 unspecified atom stereocenters. The van der Waals surface area contributed by atoms with Gasteiger partial charge in [0, 0.05) is 19.5 Å². The fourth-order valence-electron chi connectivity index (χ4n) is 4.36. The number of fused-ring (bicyclic) bond motifs is 1. The SMILES string of the molecule is CC(C)CNC(=O)[C@@H](Cc1ccccc1)N(Cc1ccc(F)cc1)C(=O)CN1C(=O)c2ccccc2S1(=O)=O. The smallest absolute Gasteiger partial charge is 0.269 e. The first-order chi connectivity index (χ1) is 18.6. The Balaban J connectivity index is 1.70. The fourth-order valence-corrected chi connectivity index (χ4v) is 5.88. The summed E-state index contributed by atoms with van der Waals surface area (Å²) in [5.41, 5.74) is 1.32. The normalized spacial score (nSPS) is 14.7. The van der Waals surface area contributed by atoms with Crippen LogP contribution in [0.2, 0.25) is 0 Å². The molecule has 1 N–H and O–H groups in total. The van der Waals surface area contributed by atoms with E-state index in [0.717, 1.165) is 5.56 Å². The highest BCUT2D eigenvalue weighted by molar-refractivity contribution is 7.90. The van der Waals surface area contributed by atoms with E-state index in [2.05, 4.69) is 5.32 Å². The summed E-state index contributed by atoms with van der Waals surface area (Å²) < 4.78 is 40.4. The highest BCUT2D eigenvalue weighted by Crippen LogP contribution is 2.30. The van der Waals surface area contributed by atoms with E-state index in [9.17, 15) is 27.2 Å². The average molecular weight is 552 g/mol. The number of benzene rings is 3. The van der Waals surface area contributed by atoms with Crippen LogP contribution in [0, 0.1) is 11.7 Å². The second-order valence-electron chi connectivity index (χ2n) is 9.81. The van der Waals surface area contributed by atoms with Crippen LogP contribution in [-0.2, 0) is 32.6 Å². The van der Waals surface area contributed by atoms with E-state index in [1.165, 1.54) is 47.4 Å². The zero-order chi connectivity index (χ0) is 28.2. The van der Waals surface area contributed by atoms with Crippen molar-refractivity contribution in [2.45, 2.75) is 37.8 Å². The van der Waals surface area contributed by atoms with Gasteiger partial charge in [-0.2, -0.15) is 0 Å². The maximum atomic E-state index is 13.8. The topological polar surface area (TPSA) is 104 Å². The van der Waals surface area contributed by atoms with Gasteiger partial charge in [-0.1, -0.05) is 68.4 Å². The molecule has 0 radical (unpaired) electrons. The zero-order valence-electron chi connectivity index (χ0n) is 21.7. The minimum atomic E-state index is -4.24. The van der Waals surface area contributed by atoms with Crippen molar-refractivity contribution in [1.82, 2.24) is 14.5 Å². The molecule has 3 aromatic carbocycles. The lowest BCUT2D eigenvalue weighted by Crippen LogP contribution is -2.53. The molecule has 0 aromatic heterocycles. The van der Waals surface area contributed by atoms with Crippen LogP contribution >= 0.6 is 0 Å². The first kappa shape index (κ1) is 28.0. The van der Waals surface area contributed by atoms with Gasteiger partial charge in [-0.3, -0.25) is 14.4 Å². The number of hydrogen-bond acceptors (Lipinski definition) is 5. The number of carbonyl (C=O) groups excluding carboxylic acids is 3. The molecule has 0 saturated carbocycles. The van der Waals surface area contributed by atoms with E-state index in [1.54, 1.807) is 6.07 Å². The van der Waals surface area contributed by atoms with Crippen LogP contribution in [0.4, 0.5) is 4.39 Å². The number of sulfonamides is 1. The van der Waals surface area contributed by atoms with Crippen molar-refractivity contribution in [3.05, 3.63) is 101 Å². The molecule has 1 aliphatic heterocycles. The number of amides is 3. The summed E-state index contributed by atoms with van der Waals surface area (Å²) in [6.45, 7) is 3.38. The molecule has 3 aromatic rings. The Labute approximate surface area is 227 Å². The standard InChI is InChI=1S/C29H30FN3O5S/c1-20(2)17-31-28(35)25(16-21-8-4-3-5-9-21)32(18-22-12-14-23(30)15-13-22)27(34)19-33-29(36)24-10-6-7-11-26(24)39(33,37)38/h3-15,20,25H,16-19H2,1-2H3,(H,31,35)/t25-/m1/s1. The van der Waals surface area contributed by atoms with Gasteiger partial charge in [-0.25, -0.2) is 17.1 Å². The molecule has 1 atom stereocenters. The van der Waals surface area contributed by atoms with E-state index in [0.29, 0.717) is 16.4 Å². The molecule has 4 rings (SSSR count). The Bertz CT molecular complexity index is 1460. The van der Waals surface area contributed by atoms with Crippen molar-refractivity contribution in [2.24, 2.45) is 5.92 Å². The lowest BCUT2D eigenvalue weighted by molar-refractivity contribution is -0.141. The molecular formula is C29H30FN3O5S. The minimum absolute atomic E-state index is 0.00843. The summed E-state index contributed by atoms with van der Waals surface area (Å²) in [6.07, 6.45) is 0.151. The minimum Gasteiger partial charge on any atom is -0.354 e. The van der Waals surface area contributed by atoms with E-state index in [1.807, 2.05) is 44.2 Å². The van der Waals surface area contributed by atoms with E-state index in [4.69, 9.17) is 0 Å². The number of rotatable bonds is 10. The fraction of sp³-hybridized carbons (Fsp3) is 0.276. The third kappa shape index (κ3) is 6.34. The lowest BCUT2D eigenvalue weighted by Gasteiger charge is -2.32. The predicted molar refractivity (Wildman–Crippen MR) is 143 cm³/mol. The van der Waals surface area contributed by atoms with Gasteiger partial charge in [0.1, 0.15) is 23.3 Å². The van der Waals surface area contributed by atoms with E-state index in [-0.39, 0.29) is 29.3 Å². The molecule has 0 bridgehead atoms. The van der Waals surface area contributed by atoms with E-state index < -0.39 is 46.1 Å². The average Bonchev–Trinajstić information content (AvgIpc) is 3.11. The van der Waals surface area contributed by atoms with Crippen molar-refractivity contribution in [2.75, 3.05) is 13.1 Å². The van der Waals surface area contributed by atoms with Crippen LogP contribution < -0.4 is 5.32 Å². The van der Waals surface area contributed by atoms with E-state index >= 15 is 0 Å². The first-order valence-electron chi connectivity index (χ1n) is 12.6. The Morgan fingerprint density at radius 3 is 2.21 bits per heavy atom. The van der Waals surface area contributed by atoms with Gasteiger partial charge >= 0.3 is 0 Å². The predicted octanol–water partition coefficient (Wildman–Crippen LogP) is 3.38. The van der Waals surface area contributed by atoms with Gasteiger partial charge in [-0.15, -0.1) is 0 Å². The number of hydrogen-bond donors (Lipinski definition) is 1. The van der Waals surface area contributed by atoms with Crippen molar-refractivity contribution in [3.8, 4) is 0 Å². The number of nitrogens with zero attached hydrogens (tertiary/aromatic N) is 2. The molecular weight excluding hydrogens is 521 g/mol. The molecule has 8 nitrogen and oxygen atoms in total. The van der Waals surface area contributed by atoms with Crippen molar-refractivity contribution < 1.29 is 27.2 Å². The number of carbonyl (C=O) groups is 3. The Morgan fingerprint density at radius 2 is 1.56 bits per heavy atom. The van der Waals surface area contributed by atoms with Crippen LogP contribution in [0.1, 0.15) is 35.3 Å². The third-order valence-electron chi connectivity index (χ3n) is 6.41. The first-order valence-corrected chi connectivity index (χ1v) is 14.0. The van der Waals surface area contributed by atoms with Crippen LogP contribution in [0.25, 0.3) is 0 Å². The quantitative estimate of drug-likeness (QED) is 0.416. The van der Waals surface area contributed by atoms with Gasteiger partial charge in [0.05, 0.1) is 5.56 Å². The summed E-state index contributed by atoms with van der Waals surface area (Å²) in [5, 5.41) is 2.87. The van der Waals surface area contributed by atoms with Crippen LogP contribution in [0.15, 0.2) is 83.8 Å². The Hall–Kier alpha value is -4.05. The molecule has 0 spiro atoms. The molecule has 10 heteroatoms. The van der Waals surface area contributed by atoms with Crippen LogP contribution in [-0.4, -0.2) is 54.5 Å². The molecule has 0 aliphatic carbocycles. The summed E-state index contributed by atoms with van der Waals surface area (Å²) in [5.74, 6) is -2.26. The summed E-state index contributed by atoms with van der Waals surface area (Å²) in [4.78, 5) is 41.4. The van der Waals surface area contributed by atoms with Crippen molar-refractivity contribution in [3.63, 3.8) is 0 Å². The van der Waals surface area contributed by atoms with Gasteiger partial charge < -0.3 is 10.2 Å². The second kappa shape index (κ2) is 11.8. The van der Waals surface area contributed by atoms with Gasteiger partial charge in [0.25, 0.3) is 15.9 Å². The molecule has 1 aliphatic rings. The van der Waals surface area contributed by atoms with Gasteiger partial charge in [-0.05, 0) is 41.3 Å². The zero-order valence-corrected chi connectivity index (χ0v) is 22.5. The Morgan fingerprint density at radius 1 is 0.923 bits per heavy atom. The lowest BCUT2D eigenvalue weighted by atomic mass is 10.0. The largest absolute Gasteiger partial charge is 0.354 e. The molecule has 3 amide bonds. The summed E-state index contributed by atoms with van der Waals surface area (Å²) in [7, 11) is -4.24. The van der Waals surface area contributed by atoms with Gasteiger partial charge in [0.15, 0.2) is 0 Å². The Kier molecular flexibility index (Phi) is 8.44. The maximum Gasteiger partial charge on any atom is 0.269 e. The highest BCUT2D eigenvalue weighted by atomic mass is 32.2. The van der Waals surface area contributed by atoms with Crippen LogP contribution in [0.5, 0.6) is 0 Å². The monoisotopic (exact) mass is 551 g/mol. The number of nitrogens with one attached hydrogen (secondary N) is 1. The molecule has 204 valence electrons. The summed E-state index contributed by atoms with van der Waals surface area (Å²) in [6, 6.07) is 19.3. The third-order valence-corrected chi connectivity index (χ3v) is 8.20. The van der Waals surface area contributed by atoms with Crippen LogP contribution in [0.3, 0.4) is 0 Å².